The predicted octanol–water partition coefficient (Wildman–Crippen LogP) is 4.27. The summed E-state index contributed by atoms with van der Waals surface area (Å²) in [5.41, 5.74) is 1.66. The number of rotatable bonds is 1. The van der Waals surface area contributed by atoms with E-state index in [2.05, 4.69) is 26.0 Å². The van der Waals surface area contributed by atoms with Crippen LogP contribution < -0.4 is 0 Å². The fraction of sp³-hybridized carbons (Fsp3) is 0.0769. The van der Waals surface area contributed by atoms with Gasteiger partial charge in [0.05, 0.1) is 6.20 Å². The van der Waals surface area contributed by atoms with Gasteiger partial charge in [0.1, 0.15) is 16.3 Å². The van der Waals surface area contributed by atoms with E-state index < -0.39 is 0 Å². The van der Waals surface area contributed by atoms with Crippen LogP contribution in [0.25, 0.3) is 27.4 Å². The monoisotopic (exact) mass is 333 g/mol. The molecule has 0 aliphatic rings. The van der Waals surface area contributed by atoms with Crippen LogP contribution in [-0.4, -0.2) is 14.6 Å². The number of fused-ring (bicyclic) bond motifs is 2. The lowest BCUT2D eigenvalue weighted by molar-refractivity contribution is 0.629. The molecule has 0 N–H and O–H groups in total. The topological polar surface area (TPSA) is 43.3 Å². The first kappa shape index (κ1) is 11.2. The first-order valence-corrected chi connectivity index (χ1v) is 7.33. The number of halogens is 1. The molecule has 0 unspecified atom stereocenters. The third-order valence-electron chi connectivity index (χ3n) is 2.90. The van der Waals surface area contributed by atoms with E-state index in [9.17, 15) is 0 Å². The fourth-order valence-electron chi connectivity index (χ4n) is 2.07. The molecule has 3 aromatic heterocycles. The lowest BCUT2D eigenvalue weighted by Gasteiger charge is -1.89. The Morgan fingerprint density at radius 2 is 2.26 bits per heavy atom. The molecule has 0 aliphatic heterocycles. The van der Waals surface area contributed by atoms with E-state index in [0.717, 1.165) is 36.9 Å². The minimum absolute atomic E-state index is 0.761. The SMILES string of the molecule is Cc1nn2cc(-c3cc4c(Br)cccc4o3)nc2s1. The summed E-state index contributed by atoms with van der Waals surface area (Å²) in [6, 6.07) is 7.90. The number of benzene rings is 1. The van der Waals surface area contributed by atoms with Crippen LogP contribution >= 0.6 is 27.3 Å². The van der Waals surface area contributed by atoms with Gasteiger partial charge in [0, 0.05) is 9.86 Å². The van der Waals surface area contributed by atoms with Crippen molar-refractivity contribution < 1.29 is 4.42 Å². The van der Waals surface area contributed by atoms with Crippen LogP contribution in [0.3, 0.4) is 0 Å². The highest BCUT2D eigenvalue weighted by molar-refractivity contribution is 9.10. The van der Waals surface area contributed by atoms with Gasteiger partial charge in [0.15, 0.2) is 5.76 Å². The molecule has 4 nitrogen and oxygen atoms in total. The summed E-state index contributed by atoms with van der Waals surface area (Å²) >= 11 is 5.09. The second-order valence-corrected chi connectivity index (χ2v) is 6.25. The first-order chi connectivity index (χ1) is 9.20. The molecule has 0 atom stereocenters. The Balaban J connectivity index is 1.93. The molecule has 94 valence electrons. The predicted molar refractivity (Wildman–Crippen MR) is 78.5 cm³/mol. The zero-order valence-electron chi connectivity index (χ0n) is 9.92. The second-order valence-electron chi connectivity index (χ2n) is 4.24. The van der Waals surface area contributed by atoms with Gasteiger partial charge in [0.2, 0.25) is 4.96 Å². The summed E-state index contributed by atoms with van der Waals surface area (Å²) in [6.07, 6.45) is 1.89. The van der Waals surface area contributed by atoms with Crippen molar-refractivity contribution in [1.29, 1.82) is 0 Å². The smallest absolute Gasteiger partial charge is 0.212 e. The highest BCUT2D eigenvalue weighted by Crippen LogP contribution is 2.32. The minimum Gasteiger partial charge on any atom is -0.454 e. The molecule has 0 bridgehead atoms. The van der Waals surface area contributed by atoms with Crippen molar-refractivity contribution in [3.05, 3.63) is 39.9 Å². The first-order valence-electron chi connectivity index (χ1n) is 5.72. The number of aryl methyl sites for hydroxylation is 1. The van der Waals surface area contributed by atoms with Crippen LogP contribution in [0, 0.1) is 6.92 Å². The number of furan rings is 1. The molecule has 0 fully saturated rings. The molecule has 1 aromatic carbocycles. The minimum atomic E-state index is 0.761. The van der Waals surface area contributed by atoms with Gasteiger partial charge in [0.25, 0.3) is 0 Å². The molecule has 0 saturated heterocycles. The maximum atomic E-state index is 5.84. The van der Waals surface area contributed by atoms with Gasteiger partial charge in [-0.3, -0.25) is 0 Å². The van der Waals surface area contributed by atoms with Gasteiger partial charge < -0.3 is 4.42 Å². The van der Waals surface area contributed by atoms with E-state index in [1.807, 2.05) is 37.4 Å². The summed E-state index contributed by atoms with van der Waals surface area (Å²) < 4.78 is 8.65. The molecular formula is C13H8BrN3OS. The van der Waals surface area contributed by atoms with Crippen LogP contribution in [0.2, 0.25) is 0 Å². The number of hydrogen-bond donors (Lipinski definition) is 0. The van der Waals surface area contributed by atoms with E-state index >= 15 is 0 Å². The van der Waals surface area contributed by atoms with Crippen LogP contribution in [0.1, 0.15) is 5.01 Å². The molecule has 4 aromatic rings. The molecule has 0 radical (unpaired) electrons. The number of nitrogens with zero attached hydrogens (tertiary/aromatic N) is 3. The Morgan fingerprint density at radius 1 is 1.37 bits per heavy atom. The molecule has 3 heterocycles. The number of aromatic nitrogens is 3. The molecule has 0 spiro atoms. The van der Waals surface area contributed by atoms with Gasteiger partial charge in [-0.25, -0.2) is 9.50 Å². The van der Waals surface area contributed by atoms with Crippen molar-refractivity contribution >= 4 is 43.2 Å². The Bertz CT molecular complexity index is 874. The van der Waals surface area contributed by atoms with E-state index in [1.165, 1.54) is 0 Å². The Hall–Kier alpha value is -1.66. The second kappa shape index (κ2) is 3.91. The van der Waals surface area contributed by atoms with Crippen molar-refractivity contribution in [2.24, 2.45) is 0 Å². The van der Waals surface area contributed by atoms with Crippen LogP contribution in [0.15, 0.2) is 39.4 Å². The normalized spacial score (nSPS) is 11.7. The third kappa shape index (κ3) is 1.71. The Morgan fingerprint density at radius 3 is 3.05 bits per heavy atom. The Kier molecular flexibility index (Phi) is 2.31. The molecular weight excluding hydrogens is 326 g/mol. The van der Waals surface area contributed by atoms with Gasteiger partial charge in [-0.1, -0.05) is 33.3 Å². The number of imidazole rings is 1. The van der Waals surface area contributed by atoms with Crippen LogP contribution in [-0.2, 0) is 0 Å². The summed E-state index contributed by atoms with van der Waals surface area (Å²) in [5.74, 6) is 0.761. The van der Waals surface area contributed by atoms with E-state index in [1.54, 1.807) is 15.9 Å². The summed E-state index contributed by atoms with van der Waals surface area (Å²) in [7, 11) is 0. The highest BCUT2D eigenvalue weighted by Gasteiger charge is 2.13. The lowest BCUT2D eigenvalue weighted by Crippen LogP contribution is -1.79. The maximum absolute atomic E-state index is 5.84. The zero-order valence-corrected chi connectivity index (χ0v) is 12.3. The molecule has 19 heavy (non-hydrogen) atoms. The average molecular weight is 334 g/mol. The molecule has 4 rings (SSSR count). The van der Waals surface area contributed by atoms with E-state index in [-0.39, 0.29) is 0 Å². The van der Waals surface area contributed by atoms with E-state index in [4.69, 9.17) is 4.42 Å². The molecule has 6 heteroatoms. The highest BCUT2D eigenvalue weighted by atomic mass is 79.9. The fourth-order valence-corrected chi connectivity index (χ4v) is 3.26. The summed E-state index contributed by atoms with van der Waals surface area (Å²) in [6.45, 7) is 1.97. The van der Waals surface area contributed by atoms with Crippen molar-refractivity contribution in [2.75, 3.05) is 0 Å². The van der Waals surface area contributed by atoms with Crippen molar-refractivity contribution in [3.63, 3.8) is 0 Å². The van der Waals surface area contributed by atoms with Gasteiger partial charge >= 0.3 is 0 Å². The van der Waals surface area contributed by atoms with Crippen LogP contribution in [0.5, 0.6) is 0 Å². The van der Waals surface area contributed by atoms with Crippen molar-refractivity contribution in [1.82, 2.24) is 14.6 Å². The Labute approximate surface area is 120 Å². The average Bonchev–Trinajstić information content (AvgIpc) is 3.00. The number of hydrogen-bond acceptors (Lipinski definition) is 4. The van der Waals surface area contributed by atoms with Crippen molar-refractivity contribution in [2.45, 2.75) is 6.92 Å². The third-order valence-corrected chi connectivity index (χ3v) is 4.43. The molecule has 0 amide bonds. The molecule has 0 saturated carbocycles. The summed E-state index contributed by atoms with van der Waals surface area (Å²) in [4.78, 5) is 5.42. The summed E-state index contributed by atoms with van der Waals surface area (Å²) in [5, 5.41) is 6.41. The van der Waals surface area contributed by atoms with Gasteiger partial charge in [-0.05, 0) is 25.1 Å². The lowest BCUT2D eigenvalue weighted by atomic mass is 10.2. The quantitative estimate of drug-likeness (QED) is 0.522. The van der Waals surface area contributed by atoms with Gasteiger partial charge in [-0.15, -0.1) is 0 Å². The largest absolute Gasteiger partial charge is 0.454 e. The maximum Gasteiger partial charge on any atom is 0.212 e. The van der Waals surface area contributed by atoms with Crippen LogP contribution in [0.4, 0.5) is 0 Å². The standard InChI is InChI=1S/C13H8BrN3OS/c1-7-16-17-6-10(15-13(17)19-7)12-5-8-9(14)3-2-4-11(8)18-12/h2-6H,1H3. The zero-order chi connectivity index (χ0) is 13.0. The molecule has 0 aliphatic carbocycles. The van der Waals surface area contributed by atoms with Crippen molar-refractivity contribution in [3.8, 4) is 11.5 Å². The van der Waals surface area contributed by atoms with E-state index in [0.29, 0.717) is 0 Å². The van der Waals surface area contributed by atoms with Gasteiger partial charge in [-0.2, -0.15) is 5.10 Å².